The molecule has 44 heavy (non-hydrogen) atoms. The lowest BCUT2D eigenvalue weighted by molar-refractivity contribution is -0.0330. The number of ether oxygens (including phenoxy) is 2. The van der Waals surface area contributed by atoms with E-state index in [2.05, 4.69) is 37.5 Å². The van der Waals surface area contributed by atoms with Crippen LogP contribution in [0.1, 0.15) is 41.0 Å². The van der Waals surface area contributed by atoms with Gasteiger partial charge in [-0.05, 0) is 50.4 Å². The van der Waals surface area contributed by atoms with Gasteiger partial charge in [0.25, 0.3) is 12.3 Å². The molecule has 1 fully saturated rings. The van der Waals surface area contributed by atoms with E-state index in [4.69, 9.17) is 9.47 Å². The van der Waals surface area contributed by atoms with E-state index in [9.17, 15) is 26.7 Å². The SMILES string of the molecule is CN1CC[C@@H]2Nc3cccn4c(SC(F)(F)F)c(nc34)C#CCNC(=O)c3cnn(c3C(F)F)CCOCCOCC[C@H]2C1. The molecule has 4 bridgehead atoms. The summed E-state index contributed by atoms with van der Waals surface area (Å²) in [4.78, 5) is 19.4. The van der Waals surface area contributed by atoms with Crippen LogP contribution in [0.2, 0.25) is 0 Å². The van der Waals surface area contributed by atoms with Gasteiger partial charge in [0.2, 0.25) is 0 Å². The number of nitrogens with one attached hydrogen (secondary N) is 2. The van der Waals surface area contributed by atoms with Crippen LogP contribution in [0.4, 0.5) is 27.6 Å². The maximum Gasteiger partial charge on any atom is 0.447 e. The van der Waals surface area contributed by atoms with Gasteiger partial charge in [-0.15, -0.1) is 0 Å². The van der Waals surface area contributed by atoms with Gasteiger partial charge in [0.05, 0.1) is 50.4 Å². The normalized spacial score (nSPS) is 21.4. The molecule has 5 heterocycles. The van der Waals surface area contributed by atoms with Crippen molar-refractivity contribution in [3.63, 3.8) is 0 Å². The maximum absolute atomic E-state index is 13.9. The van der Waals surface area contributed by atoms with Crippen LogP contribution in [-0.2, 0) is 16.0 Å². The van der Waals surface area contributed by atoms with Gasteiger partial charge in [-0.2, -0.15) is 18.3 Å². The molecule has 1 saturated heterocycles. The third-order valence-electron chi connectivity index (χ3n) is 7.42. The van der Waals surface area contributed by atoms with Crippen molar-refractivity contribution in [2.45, 2.75) is 42.4 Å². The molecule has 2 aliphatic heterocycles. The summed E-state index contributed by atoms with van der Waals surface area (Å²) >= 11 is -0.333. The van der Waals surface area contributed by atoms with Gasteiger partial charge in [-0.1, -0.05) is 5.92 Å². The predicted molar refractivity (Wildman–Crippen MR) is 153 cm³/mol. The Labute approximate surface area is 254 Å². The Bertz CT molecular complexity index is 1520. The molecule has 0 aromatic carbocycles. The number of carbonyl (C=O) groups excluding carboxylic acids is 1. The number of pyridine rings is 1. The number of alkyl halides is 5. The van der Waals surface area contributed by atoms with Crippen LogP contribution in [0.15, 0.2) is 29.6 Å². The average molecular weight is 642 g/mol. The van der Waals surface area contributed by atoms with Gasteiger partial charge < -0.3 is 25.0 Å². The zero-order valence-corrected chi connectivity index (χ0v) is 24.7. The van der Waals surface area contributed by atoms with Crippen LogP contribution in [-0.4, -0.2) is 94.6 Å². The van der Waals surface area contributed by atoms with Crippen molar-refractivity contribution in [2.75, 3.05) is 58.4 Å². The van der Waals surface area contributed by atoms with E-state index in [1.807, 2.05) is 7.05 Å². The maximum atomic E-state index is 13.9. The number of likely N-dealkylation sites (tertiary alicyclic amines) is 1. The van der Waals surface area contributed by atoms with Crippen molar-refractivity contribution < 1.29 is 36.2 Å². The first-order valence-corrected chi connectivity index (χ1v) is 14.9. The fourth-order valence-corrected chi connectivity index (χ4v) is 6.04. The summed E-state index contributed by atoms with van der Waals surface area (Å²) < 4.78 is 82.2. The van der Waals surface area contributed by atoms with Gasteiger partial charge in [-0.25, -0.2) is 13.8 Å². The van der Waals surface area contributed by atoms with Crippen molar-refractivity contribution in [1.29, 1.82) is 0 Å². The highest BCUT2D eigenvalue weighted by atomic mass is 32.2. The van der Waals surface area contributed by atoms with Gasteiger partial charge >= 0.3 is 5.51 Å². The molecule has 1 amide bonds. The van der Waals surface area contributed by atoms with E-state index < -0.39 is 23.5 Å². The van der Waals surface area contributed by atoms with E-state index in [1.165, 1.54) is 10.6 Å². The Hall–Kier alpha value is -3.39. The summed E-state index contributed by atoms with van der Waals surface area (Å²) in [6, 6.07) is 3.45. The van der Waals surface area contributed by atoms with Crippen LogP contribution < -0.4 is 10.6 Å². The van der Waals surface area contributed by atoms with E-state index in [0.29, 0.717) is 18.9 Å². The number of halogens is 5. The van der Waals surface area contributed by atoms with E-state index in [1.54, 1.807) is 12.1 Å². The molecule has 238 valence electrons. The zero-order chi connectivity index (χ0) is 31.3. The van der Waals surface area contributed by atoms with E-state index >= 15 is 0 Å². The minimum atomic E-state index is -4.61. The topological polar surface area (TPSA) is 98.0 Å². The summed E-state index contributed by atoms with van der Waals surface area (Å²) in [5, 5.41) is 9.64. The lowest BCUT2D eigenvalue weighted by Crippen LogP contribution is -2.45. The molecule has 0 aliphatic carbocycles. The van der Waals surface area contributed by atoms with Crippen LogP contribution in [0, 0.1) is 17.8 Å². The quantitative estimate of drug-likeness (QED) is 0.246. The Balaban J connectivity index is 1.47. The van der Waals surface area contributed by atoms with Crippen LogP contribution in [0.3, 0.4) is 0 Å². The number of hydrogen-bond acceptors (Lipinski definition) is 8. The third-order valence-corrected chi connectivity index (χ3v) is 8.24. The molecule has 2 atom stereocenters. The van der Waals surface area contributed by atoms with E-state index in [-0.39, 0.29) is 72.0 Å². The summed E-state index contributed by atoms with van der Waals surface area (Å²) in [7, 11) is 2.04. The summed E-state index contributed by atoms with van der Waals surface area (Å²) in [5.74, 6) is 4.59. The Kier molecular flexibility index (Phi) is 10.3. The average Bonchev–Trinajstić information content (AvgIpc) is 3.55. The van der Waals surface area contributed by atoms with Gasteiger partial charge in [-0.3, -0.25) is 13.9 Å². The number of piperidine rings is 1. The van der Waals surface area contributed by atoms with Crippen molar-refractivity contribution in [3.8, 4) is 11.8 Å². The highest BCUT2D eigenvalue weighted by Crippen LogP contribution is 2.40. The molecule has 3 aromatic heterocycles. The second-order valence-electron chi connectivity index (χ2n) is 10.5. The minimum absolute atomic E-state index is 0.00343. The van der Waals surface area contributed by atoms with Gasteiger partial charge in [0, 0.05) is 37.2 Å². The number of thioether (sulfide) groups is 1. The van der Waals surface area contributed by atoms with Gasteiger partial charge in [0.15, 0.2) is 5.65 Å². The van der Waals surface area contributed by atoms with Crippen molar-refractivity contribution >= 4 is 29.0 Å². The number of amides is 1. The number of anilines is 1. The summed E-state index contributed by atoms with van der Waals surface area (Å²) in [6.07, 6.45) is 1.10. The minimum Gasteiger partial charge on any atom is -0.379 e. The number of imidazole rings is 1. The lowest BCUT2D eigenvalue weighted by atomic mass is 9.89. The second-order valence-corrected chi connectivity index (χ2v) is 11.5. The Morgan fingerprint density at radius 3 is 2.70 bits per heavy atom. The fraction of sp³-hybridized carbons (Fsp3) is 0.536. The number of nitrogens with zero attached hydrogens (tertiary/aromatic N) is 5. The van der Waals surface area contributed by atoms with Crippen LogP contribution in [0.5, 0.6) is 0 Å². The number of hydrogen-bond donors (Lipinski definition) is 2. The predicted octanol–water partition coefficient (Wildman–Crippen LogP) is 4.03. The number of aromatic nitrogens is 4. The number of carbonyl (C=O) groups is 1. The van der Waals surface area contributed by atoms with Crippen molar-refractivity contribution in [1.82, 2.24) is 29.4 Å². The molecule has 16 heteroatoms. The molecule has 0 unspecified atom stereocenters. The zero-order valence-electron chi connectivity index (χ0n) is 23.9. The molecule has 3 aromatic rings. The number of fused-ring (bicyclic) bond motifs is 4. The highest BCUT2D eigenvalue weighted by Gasteiger charge is 2.34. The molecule has 2 N–H and O–H groups in total. The van der Waals surface area contributed by atoms with E-state index in [0.717, 1.165) is 36.8 Å². The highest BCUT2D eigenvalue weighted by molar-refractivity contribution is 8.00. The molecule has 0 spiro atoms. The molecule has 5 rings (SSSR count). The van der Waals surface area contributed by atoms with Crippen molar-refractivity contribution in [3.05, 3.63) is 41.5 Å². The second kappa shape index (κ2) is 14.1. The molecule has 2 aliphatic rings. The number of rotatable bonds is 2. The van der Waals surface area contributed by atoms with Crippen LogP contribution >= 0.6 is 11.8 Å². The third kappa shape index (κ3) is 7.81. The first kappa shape index (κ1) is 32.0. The first-order valence-electron chi connectivity index (χ1n) is 14.1. The Morgan fingerprint density at radius 1 is 1.14 bits per heavy atom. The summed E-state index contributed by atoms with van der Waals surface area (Å²) in [6.45, 7) is 2.47. The molecule has 0 radical (unpaired) electrons. The van der Waals surface area contributed by atoms with Crippen molar-refractivity contribution in [2.24, 2.45) is 5.92 Å². The monoisotopic (exact) mass is 641 g/mol. The fourth-order valence-electron chi connectivity index (χ4n) is 5.38. The van der Waals surface area contributed by atoms with Crippen LogP contribution in [0.25, 0.3) is 5.65 Å². The largest absolute Gasteiger partial charge is 0.447 e. The Morgan fingerprint density at radius 2 is 1.93 bits per heavy atom. The summed E-state index contributed by atoms with van der Waals surface area (Å²) in [5.41, 5.74) is -4.77. The molecular formula is C28H32F5N7O3S. The molecular weight excluding hydrogens is 609 g/mol. The first-order chi connectivity index (χ1) is 21.1. The molecule has 0 saturated carbocycles. The lowest BCUT2D eigenvalue weighted by Gasteiger charge is -2.37. The smallest absolute Gasteiger partial charge is 0.379 e. The standard InChI is InChI=1S/C28H32F5N7O3S/c1-38-10-6-20-18(17-38)7-12-42-14-15-43-13-11-40-23(24(29)30)19(16-35-40)26(41)34-8-2-4-22-27(44-28(31,32)33)39-9-3-5-21(36-20)25(39)37-22/h3,5,9,16,18,20,24,36H,6-8,10-15,17H2,1H3,(H,34,41)/t18-,20-/m0/s1. The molecule has 10 nitrogen and oxygen atoms in total. The van der Waals surface area contributed by atoms with Gasteiger partial charge in [0.1, 0.15) is 16.4 Å².